The third-order valence-electron chi connectivity index (χ3n) is 3.72. The Morgan fingerprint density at radius 2 is 1.90 bits per heavy atom. The van der Waals surface area contributed by atoms with E-state index in [1.54, 1.807) is 25.1 Å². The highest BCUT2D eigenvalue weighted by atomic mass is 32.2. The minimum Gasteiger partial charge on any atom is -0.383 e. The van der Waals surface area contributed by atoms with E-state index in [0.717, 1.165) is 12.5 Å². The first-order valence-corrected chi connectivity index (χ1v) is 10.6. The Morgan fingerprint density at radius 1 is 1.21 bits per heavy atom. The van der Waals surface area contributed by atoms with Crippen LogP contribution in [0.5, 0.6) is 0 Å². The van der Waals surface area contributed by atoms with E-state index in [4.69, 9.17) is 5.41 Å². The number of rotatable bonds is 9. The fraction of sp³-hybridized carbons (Fsp3) is 0.353. The van der Waals surface area contributed by atoms with Crippen LogP contribution >= 0.6 is 0 Å². The molecule has 1 aromatic carbocycles. The van der Waals surface area contributed by atoms with Crippen LogP contribution in [0.3, 0.4) is 0 Å². The van der Waals surface area contributed by atoms with E-state index in [-0.39, 0.29) is 30.6 Å². The molecule has 0 radical (unpaired) electrons. The lowest BCUT2D eigenvalue weighted by atomic mass is 10.1. The summed E-state index contributed by atoms with van der Waals surface area (Å²) in [7, 11) is -3.15. The van der Waals surface area contributed by atoms with Crippen molar-refractivity contribution >= 4 is 39.2 Å². The summed E-state index contributed by atoms with van der Waals surface area (Å²) in [6, 6.07) is 4.91. The SMILES string of the molecule is CCNc1nc(Nc2cccc(NCCS(C)(=O)=O)c2C=N)ncc1C(F)(F)F. The molecule has 0 unspecified atom stereocenters. The van der Waals surface area contributed by atoms with Gasteiger partial charge in [-0.1, -0.05) is 6.07 Å². The van der Waals surface area contributed by atoms with Crippen LogP contribution in [0.4, 0.5) is 36.3 Å². The van der Waals surface area contributed by atoms with Crippen LogP contribution in [0, 0.1) is 5.41 Å². The number of nitrogens with zero attached hydrogens (tertiary/aromatic N) is 2. The van der Waals surface area contributed by atoms with Gasteiger partial charge >= 0.3 is 6.18 Å². The van der Waals surface area contributed by atoms with Crippen LogP contribution in [0.2, 0.25) is 0 Å². The van der Waals surface area contributed by atoms with Gasteiger partial charge < -0.3 is 21.4 Å². The van der Waals surface area contributed by atoms with Gasteiger partial charge in [-0.2, -0.15) is 18.2 Å². The van der Waals surface area contributed by atoms with Gasteiger partial charge in [0.25, 0.3) is 0 Å². The third-order valence-corrected chi connectivity index (χ3v) is 4.67. The molecule has 0 amide bonds. The second-order valence-electron chi connectivity index (χ2n) is 6.08. The van der Waals surface area contributed by atoms with Crippen LogP contribution in [-0.2, 0) is 16.0 Å². The van der Waals surface area contributed by atoms with Crippen molar-refractivity contribution in [1.82, 2.24) is 9.97 Å². The molecule has 12 heteroatoms. The minimum atomic E-state index is -4.60. The van der Waals surface area contributed by atoms with E-state index in [1.807, 2.05) is 0 Å². The zero-order chi connectivity index (χ0) is 21.7. The van der Waals surface area contributed by atoms with E-state index >= 15 is 0 Å². The first-order valence-electron chi connectivity index (χ1n) is 8.55. The average molecular weight is 430 g/mol. The largest absolute Gasteiger partial charge is 0.421 e. The molecule has 8 nitrogen and oxygen atoms in total. The van der Waals surface area contributed by atoms with Crippen molar-refractivity contribution in [3.8, 4) is 0 Å². The minimum absolute atomic E-state index is 0.0784. The Hall–Kier alpha value is -2.89. The van der Waals surface area contributed by atoms with Crippen LogP contribution < -0.4 is 16.0 Å². The molecule has 4 N–H and O–H groups in total. The summed E-state index contributed by atoms with van der Waals surface area (Å²) < 4.78 is 61.8. The van der Waals surface area contributed by atoms with E-state index in [1.165, 1.54) is 0 Å². The maximum atomic E-state index is 13.1. The molecule has 2 rings (SSSR count). The molecule has 0 atom stereocenters. The lowest BCUT2D eigenvalue weighted by Gasteiger charge is -2.16. The first kappa shape index (κ1) is 22.4. The molecule has 29 heavy (non-hydrogen) atoms. The molecular weight excluding hydrogens is 409 g/mol. The van der Waals surface area contributed by atoms with Crippen molar-refractivity contribution in [1.29, 1.82) is 5.41 Å². The highest BCUT2D eigenvalue weighted by molar-refractivity contribution is 7.90. The van der Waals surface area contributed by atoms with Gasteiger partial charge in [0.15, 0.2) is 0 Å². The van der Waals surface area contributed by atoms with Gasteiger partial charge in [0, 0.05) is 43.0 Å². The summed E-state index contributed by atoms with van der Waals surface area (Å²) in [5.41, 5.74) is 0.280. The maximum absolute atomic E-state index is 13.1. The Kier molecular flexibility index (Phi) is 7.01. The van der Waals surface area contributed by atoms with Gasteiger partial charge in [-0.05, 0) is 19.1 Å². The first-order chi connectivity index (χ1) is 13.5. The quantitative estimate of drug-likeness (QED) is 0.451. The second kappa shape index (κ2) is 9.07. The molecule has 158 valence electrons. The molecule has 0 aliphatic rings. The molecule has 2 aromatic rings. The molecule has 0 bridgehead atoms. The lowest BCUT2D eigenvalue weighted by molar-refractivity contribution is -0.137. The maximum Gasteiger partial charge on any atom is 0.421 e. The zero-order valence-corrected chi connectivity index (χ0v) is 16.6. The second-order valence-corrected chi connectivity index (χ2v) is 8.34. The highest BCUT2D eigenvalue weighted by Crippen LogP contribution is 2.34. The normalized spacial score (nSPS) is 11.8. The monoisotopic (exact) mass is 430 g/mol. The Labute approximate surface area is 166 Å². The van der Waals surface area contributed by atoms with Gasteiger partial charge in [-0.3, -0.25) is 0 Å². The highest BCUT2D eigenvalue weighted by Gasteiger charge is 2.35. The van der Waals surface area contributed by atoms with E-state index in [2.05, 4.69) is 25.9 Å². The molecule has 0 aliphatic carbocycles. The third kappa shape index (κ3) is 6.31. The number of aromatic nitrogens is 2. The number of anilines is 4. The summed E-state index contributed by atoms with van der Waals surface area (Å²) in [4.78, 5) is 7.62. The van der Waals surface area contributed by atoms with E-state index in [9.17, 15) is 21.6 Å². The number of hydrogen-bond donors (Lipinski definition) is 4. The van der Waals surface area contributed by atoms with Crippen molar-refractivity contribution in [2.75, 3.05) is 41.0 Å². The predicted octanol–water partition coefficient (Wildman–Crippen LogP) is 3.12. The van der Waals surface area contributed by atoms with E-state index in [0.29, 0.717) is 23.1 Å². The number of benzene rings is 1. The zero-order valence-electron chi connectivity index (χ0n) is 15.8. The number of sulfone groups is 1. The molecule has 0 saturated heterocycles. The van der Waals surface area contributed by atoms with Crippen molar-refractivity contribution in [2.45, 2.75) is 13.1 Å². The molecular formula is C17H21F3N6O2S. The lowest BCUT2D eigenvalue weighted by Crippen LogP contribution is -2.16. The average Bonchev–Trinajstić information content (AvgIpc) is 2.60. The fourth-order valence-electron chi connectivity index (χ4n) is 2.43. The van der Waals surface area contributed by atoms with Gasteiger partial charge in [0.1, 0.15) is 21.2 Å². The van der Waals surface area contributed by atoms with Crippen LogP contribution in [-0.4, -0.2) is 49.7 Å². The van der Waals surface area contributed by atoms with Crippen molar-refractivity contribution in [2.24, 2.45) is 0 Å². The number of alkyl halides is 3. The van der Waals surface area contributed by atoms with Crippen molar-refractivity contribution < 1.29 is 21.6 Å². The summed E-state index contributed by atoms with van der Waals surface area (Å²) in [6.45, 7) is 2.03. The van der Waals surface area contributed by atoms with Gasteiger partial charge in [0.2, 0.25) is 5.95 Å². The fourth-order valence-corrected chi connectivity index (χ4v) is 2.90. The summed E-state index contributed by atoms with van der Waals surface area (Å²) in [5, 5.41) is 16.0. The topological polar surface area (TPSA) is 120 Å². The van der Waals surface area contributed by atoms with Gasteiger partial charge in [0.05, 0.1) is 11.4 Å². The van der Waals surface area contributed by atoms with Crippen molar-refractivity contribution in [3.05, 3.63) is 35.5 Å². The van der Waals surface area contributed by atoms with Gasteiger partial charge in [-0.15, -0.1) is 0 Å². The molecule has 1 aromatic heterocycles. The Balaban J connectivity index is 2.30. The standard InChI is InChI=1S/C17H21F3N6O2S/c1-3-22-15-12(17(18,19)20)10-24-16(26-15)25-14-6-4-5-13(11(14)9-21)23-7-8-29(2,27)28/h4-6,9-10,21,23H,3,7-8H2,1-2H3,(H2,22,24,25,26). The predicted molar refractivity (Wildman–Crippen MR) is 107 cm³/mol. The molecule has 0 saturated carbocycles. The molecule has 1 heterocycles. The van der Waals surface area contributed by atoms with Gasteiger partial charge in [-0.25, -0.2) is 13.4 Å². The van der Waals surface area contributed by atoms with Crippen LogP contribution in [0.1, 0.15) is 18.1 Å². The Bertz CT molecular complexity index is 980. The molecule has 0 fully saturated rings. The van der Waals surface area contributed by atoms with Crippen LogP contribution in [0.15, 0.2) is 24.4 Å². The summed E-state index contributed by atoms with van der Waals surface area (Å²) in [6.07, 6.45) is -1.75. The number of halogens is 3. The smallest absolute Gasteiger partial charge is 0.383 e. The van der Waals surface area contributed by atoms with Crippen molar-refractivity contribution in [3.63, 3.8) is 0 Å². The van der Waals surface area contributed by atoms with E-state index < -0.39 is 21.6 Å². The van der Waals surface area contributed by atoms with Crippen LogP contribution in [0.25, 0.3) is 0 Å². The molecule has 0 spiro atoms. The molecule has 0 aliphatic heterocycles. The number of nitrogens with one attached hydrogen (secondary N) is 4. The number of hydrogen-bond acceptors (Lipinski definition) is 8. The Morgan fingerprint density at radius 3 is 2.48 bits per heavy atom. The summed E-state index contributed by atoms with van der Waals surface area (Å²) in [5.74, 6) is -0.516. The summed E-state index contributed by atoms with van der Waals surface area (Å²) >= 11 is 0.